The van der Waals surface area contributed by atoms with Crippen LogP contribution < -0.4 is 10.6 Å². The van der Waals surface area contributed by atoms with E-state index in [2.05, 4.69) is 34.7 Å². The Hall–Kier alpha value is -1.81. The molecule has 3 rings (SSSR count). The normalized spacial score (nSPS) is 22.3. The summed E-state index contributed by atoms with van der Waals surface area (Å²) >= 11 is 0. The molecule has 3 N–H and O–H groups in total. The van der Waals surface area contributed by atoms with Gasteiger partial charge in [0.25, 0.3) is 0 Å². The van der Waals surface area contributed by atoms with Crippen molar-refractivity contribution in [2.24, 2.45) is 5.41 Å². The van der Waals surface area contributed by atoms with Crippen LogP contribution in [0.2, 0.25) is 0 Å². The van der Waals surface area contributed by atoms with Crippen LogP contribution in [0.15, 0.2) is 30.5 Å². The summed E-state index contributed by atoms with van der Waals surface area (Å²) in [5.74, 6) is 0.176. The average Bonchev–Trinajstić information content (AvgIpc) is 2.91. The second kappa shape index (κ2) is 5.90. The van der Waals surface area contributed by atoms with Crippen LogP contribution in [0.1, 0.15) is 25.3 Å². The number of H-pyrrole nitrogens is 1. The van der Waals surface area contributed by atoms with E-state index < -0.39 is 0 Å². The first-order valence-corrected chi connectivity index (χ1v) is 7.73. The second-order valence-corrected chi connectivity index (χ2v) is 6.21. The minimum atomic E-state index is -0.252. The summed E-state index contributed by atoms with van der Waals surface area (Å²) in [6, 6.07) is 8.27. The van der Waals surface area contributed by atoms with Gasteiger partial charge in [0.15, 0.2) is 0 Å². The number of aromatic amines is 1. The molecule has 21 heavy (non-hydrogen) atoms. The van der Waals surface area contributed by atoms with E-state index in [9.17, 15) is 4.79 Å². The summed E-state index contributed by atoms with van der Waals surface area (Å²) in [5.41, 5.74) is 2.17. The maximum Gasteiger partial charge on any atom is 0.227 e. The molecule has 0 saturated carbocycles. The van der Waals surface area contributed by atoms with Crippen LogP contribution in [0.25, 0.3) is 10.9 Å². The summed E-state index contributed by atoms with van der Waals surface area (Å²) in [5, 5.41) is 7.67. The Kier molecular flexibility index (Phi) is 3.97. The standard InChI is InChI=1S/C17H23N3O/c1-17(8-4-9-18-12-17)16(21)19-10-7-13-11-20-15-6-3-2-5-14(13)15/h2-3,5-6,11,18,20H,4,7-10,12H2,1H3,(H,19,21). The third-order valence-corrected chi connectivity index (χ3v) is 4.50. The number of aromatic nitrogens is 1. The Balaban J connectivity index is 1.57. The van der Waals surface area contributed by atoms with Crippen molar-refractivity contribution in [3.63, 3.8) is 0 Å². The van der Waals surface area contributed by atoms with E-state index >= 15 is 0 Å². The van der Waals surface area contributed by atoms with Gasteiger partial charge in [-0.2, -0.15) is 0 Å². The van der Waals surface area contributed by atoms with E-state index in [1.54, 1.807) is 0 Å². The van der Waals surface area contributed by atoms with E-state index in [1.165, 1.54) is 10.9 Å². The van der Waals surface area contributed by atoms with Crippen LogP contribution in [0.4, 0.5) is 0 Å². The Morgan fingerprint density at radius 3 is 3.05 bits per heavy atom. The van der Waals surface area contributed by atoms with Gasteiger partial charge in [-0.25, -0.2) is 0 Å². The van der Waals surface area contributed by atoms with Crippen LogP contribution in [-0.2, 0) is 11.2 Å². The summed E-state index contributed by atoms with van der Waals surface area (Å²) in [4.78, 5) is 15.6. The van der Waals surface area contributed by atoms with Gasteiger partial charge in [-0.3, -0.25) is 4.79 Å². The largest absolute Gasteiger partial charge is 0.361 e. The lowest BCUT2D eigenvalue weighted by atomic mass is 9.82. The number of hydrogen-bond acceptors (Lipinski definition) is 2. The number of carbonyl (C=O) groups excluding carboxylic acids is 1. The molecule has 4 nitrogen and oxygen atoms in total. The predicted molar refractivity (Wildman–Crippen MR) is 85.2 cm³/mol. The van der Waals surface area contributed by atoms with Crippen molar-refractivity contribution in [1.82, 2.24) is 15.6 Å². The van der Waals surface area contributed by atoms with Gasteiger partial charge in [0.05, 0.1) is 5.41 Å². The van der Waals surface area contributed by atoms with Crippen LogP contribution >= 0.6 is 0 Å². The number of fused-ring (bicyclic) bond motifs is 1. The molecular weight excluding hydrogens is 262 g/mol. The lowest BCUT2D eigenvalue weighted by Crippen LogP contribution is -2.49. The van der Waals surface area contributed by atoms with Crippen molar-refractivity contribution < 1.29 is 4.79 Å². The Labute approximate surface area is 125 Å². The summed E-state index contributed by atoms with van der Waals surface area (Å²) in [7, 11) is 0. The monoisotopic (exact) mass is 285 g/mol. The smallest absolute Gasteiger partial charge is 0.227 e. The number of nitrogens with one attached hydrogen (secondary N) is 3. The molecule has 1 amide bonds. The summed E-state index contributed by atoms with van der Waals surface area (Å²) in [6.45, 7) is 4.56. The summed E-state index contributed by atoms with van der Waals surface area (Å²) in [6.07, 6.45) is 4.95. The maximum atomic E-state index is 12.4. The van der Waals surface area contributed by atoms with E-state index in [0.29, 0.717) is 6.54 Å². The van der Waals surface area contributed by atoms with Gasteiger partial charge in [-0.1, -0.05) is 18.2 Å². The quantitative estimate of drug-likeness (QED) is 0.807. The number of piperidine rings is 1. The van der Waals surface area contributed by atoms with E-state index in [1.807, 2.05) is 18.3 Å². The fraction of sp³-hybridized carbons (Fsp3) is 0.471. The van der Waals surface area contributed by atoms with Crippen LogP contribution in [0, 0.1) is 5.41 Å². The van der Waals surface area contributed by atoms with E-state index in [0.717, 1.165) is 37.9 Å². The highest BCUT2D eigenvalue weighted by molar-refractivity contribution is 5.84. The molecule has 0 aliphatic carbocycles. The molecular formula is C17H23N3O. The van der Waals surface area contributed by atoms with Gasteiger partial charge in [0, 0.05) is 30.2 Å². The topological polar surface area (TPSA) is 56.9 Å². The number of hydrogen-bond donors (Lipinski definition) is 3. The minimum absolute atomic E-state index is 0.176. The number of rotatable bonds is 4. The SMILES string of the molecule is CC1(C(=O)NCCc2c[nH]c3ccccc23)CCCNC1. The first-order chi connectivity index (χ1) is 10.2. The van der Waals surface area contributed by atoms with E-state index in [4.69, 9.17) is 0 Å². The fourth-order valence-electron chi connectivity index (χ4n) is 3.11. The summed E-state index contributed by atoms with van der Waals surface area (Å²) < 4.78 is 0. The third kappa shape index (κ3) is 2.95. The first kappa shape index (κ1) is 14.1. The molecule has 112 valence electrons. The molecule has 1 saturated heterocycles. The predicted octanol–water partition coefficient (Wildman–Crippen LogP) is 2.22. The molecule has 0 bridgehead atoms. The Bertz CT molecular complexity index is 626. The Morgan fingerprint density at radius 2 is 2.24 bits per heavy atom. The molecule has 2 aromatic rings. The van der Waals surface area contributed by atoms with Gasteiger partial charge < -0.3 is 15.6 Å². The van der Waals surface area contributed by atoms with Gasteiger partial charge in [0.2, 0.25) is 5.91 Å². The maximum absolute atomic E-state index is 12.4. The molecule has 2 heterocycles. The lowest BCUT2D eigenvalue weighted by Gasteiger charge is -2.32. The van der Waals surface area contributed by atoms with Crippen LogP contribution in [0.3, 0.4) is 0 Å². The molecule has 4 heteroatoms. The van der Waals surface area contributed by atoms with Crippen molar-refractivity contribution in [3.05, 3.63) is 36.0 Å². The molecule has 1 aliphatic heterocycles. The van der Waals surface area contributed by atoms with Gasteiger partial charge in [0.1, 0.15) is 0 Å². The second-order valence-electron chi connectivity index (χ2n) is 6.21. The van der Waals surface area contributed by atoms with Crippen molar-refractivity contribution in [2.75, 3.05) is 19.6 Å². The number of carbonyl (C=O) groups is 1. The molecule has 0 spiro atoms. The highest BCUT2D eigenvalue weighted by Crippen LogP contribution is 2.25. The van der Waals surface area contributed by atoms with Crippen molar-refractivity contribution >= 4 is 16.8 Å². The van der Waals surface area contributed by atoms with E-state index in [-0.39, 0.29) is 11.3 Å². The minimum Gasteiger partial charge on any atom is -0.361 e. The zero-order chi connectivity index (χ0) is 14.7. The van der Waals surface area contributed by atoms with Crippen molar-refractivity contribution in [2.45, 2.75) is 26.2 Å². The average molecular weight is 285 g/mol. The first-order valence-electron chi connectivity index (χ1n) is 7.73. The molecule has 1 aliphatic rings. The zero-order valence-corrected chi connectivity index (χ0v) is 12.5. The van der Waals surface area contributed by atoms with Gasteiger partial charge >= 0.3 is 0 Å². The van der Waals surface area contributed by atoms with Gasteiger partial charge in [-0.05, 0) is 44.4 Å². The zero-order valence-electron chi connectivity index (χ0n) is 12.5. The molecule has 1 aromatic heterocycles. The highest BCUT2D eigenvalue weighted by Gasteiger charge is 2.34. The highest BCUT2D eigenvalue weighted by atomic mass is 16.2. The number of para-hydroxylation sites is 1. The van der Waals surface area contributed by atoms with Gasteiger partial charge in [-0.15, -0.1) is 0 Å². The fourth-order valence-corrected chi connectivity index (χ4v) is 3.11. The third-order valence-electron chi connectivity index (χ3n) is 4.50. The molecule has 1 fully saturated rings. The lowest BCUT2D eigenvalue weighted by molar-refractivity contribution is -0.131. The Morgan fingerprint density at radius 1 is 1.38 bits per heavy atom. The van der Waals surface area contributed by atoms with Crippen molar-refractivity contribution in [3.8, 4) is 0 Å². The molecule has 1 atom stereocenters. The van der Waals surface area contributed by atoms with Crippen LogP contribution in [-0.4, -0.2) is 30.5 Å². The number of benzene rings is 1. The molecule has 0 radical (unpaired) electrons. The van der Waals surface area contributed by atoms with Crippen LogP contribution in [0.5, 0.6) is 0 Å². The molecule has 1 aromatic carbocycles. The molecule has 1 unspecified atom stereocenters. The number of amides is 1. The van der Waals surface area contributed by atoms with Crippen molar-refractivity contribution in [1.29, 1.82) is 0 Å².